The van der Waals surface area contributed by atoms with Gasteiger partial charge in [-0.25, -0.2) is 18.1 Å². The predicted molar refractivity (Wildman–Crippen MR) is 110 cm³/mol. The van der Waals surface area contributed by atoms with Crippen LogP contribution in [0.4, 0.5) is 11.5 Å². The highest BCUT2D eigenvalue weighted by atomic mass is 32.2. The molecule has 0 bridgehead atoms. The van der Waals surface area contributed by atoms with E-state index in [0.717, 1.165) is 16.8 Å². The zero-order valence-electron chi connectivity index (χ0n) is 16.6. The van der Waals surface area contributed by atoms with E-state index in [2.05, 4.69) is 15.0 Å². The molecule has 1 aliphatic rings. The molecule has 0 aliphatic carbocycles. The van der Waals surface area contributed by atoms with Crippen LogP contribution in [0.3, 0.4) is 0 Å². The minimum atomic E-state index is -3.76. The Kier molecular flexibility index (Phi) is 5.99. The monoisotopic (exact) mass is 416 g/mol. The summed E-state index contributed by atoms with van der Waals surface area (Å²) in [5.41, 5.74) is 2.54. The highest BCUT2D eigenvalue weighted by molar-refractivity contribution is 7.89. The number of benzene rings is 1. The highest BCUT2D eigenvalue weighted by Gasteiger charge is 2.30. The van der Waals surface area contributed by atoms with Crippen LogP contribution >= 0.6 is 0 Å². The van der Waals surface area contributed by atoms with Gasteiger partial charge in [-0.05, 0) is 55.7 Å². The van der Waals surface area contributed by atoms with Crippen LogP contribution in [0.2, 0.25) is 0 Å². The standard InChI is InChI=1S/C20H24N4O4S/c1-13-4-7-19(21-12-13)23-20(26)8-9-22-29(27,28)17-5-6-18-16(11-17)10-14(2)24(18)15(3)25/h4-7,11-12,14,22H,8-10H2,1-3H3,(H,21,23,26)/t14-/m0/s1. The second-order valence-corrected chi connectivity index (χ2v) is 8.92. The Morgan fingerprint density at radius 3 is 2.66 bits per heavy atom. The minimum Gasteiger partial charge on any atom is -0.311 e. The van der Waals surface area contributed by atoms with Crippen molar-refractivity contribution in [3.63, 3.8) is 0 Å². The van der Waals surface area contributed by atoms with Crippen LogP contribution in [-0.4, -0.2) is 37.8 Å². The van der Waals surface area contributed by atoms with Crippen LogP contribution in [0, 0.1) is 6.92 Å². The zero-order valence-corrected chi connectivity index (χ0v) is 17.4. The second-order valence-electron chi connectivity index (χ2n) is 7.15. The third-order valence-electron chi connectivity index (χ3n) is 4.74. The van der Waals surface area contributed by atoms with E-state index in [0.29, 0.717) is 12.2 Å². The van der Waals surface area contributed by atoms with Crippen molar-refractivity contribution < 1.29 is 18.0 Å². The first-order valence-electron chi connectivity index (χ1n) is 9.32. The van der Waals surface area contributed by atoms with Gasteiger partial charge in [0.25, 0.3) is 0 Å². The van der Waals surface area contributed by atoms with E-state index < -0.39 is 10.0 Å². The lowest BCUT2D eigenvalue weighted by molar-refractivity contribution is -0.117. The number of aromatic nitrogens is 1. The number of hydrogen-bond donors (Lipinski definition) is 2. The van der Waals surface area contributed by atoms with E-state index in [9.17, 15) is 18.0 Å². The van der Waals surface area contributed by atoms with Crippen molar-refractivity contribution in [1.82, 2.24) is 9.71 Å². The lowest BCUT2D eigenvalue weighted by Gasteiger charge is -2.20. The molecule has 0 unspecified atom stereocenters. The van der Waals surface area contributed by atoms with Gasteiger partial charge in [0.1, 0.15) is 5.82 Å². The number of carbonyl (C=O) groups excluding carboxylic acids is 2. The van der Waals surface area contributed by atoms with Gasteiger partial charge < -0.3 is 10.2 Å². The van der Waals surface area contributed by atoms with E-state index in [1.54, 1.807) is 29.3 Å². The predicted octanol–water partition coefficient (Wildman–Crippen LogP) is 1.99. The first kappa shape index (κ1) is 20.9. The fourth-order valence-electron chi connectivity index (χ4n) is 3.38. The van der Waals surface area contributed by atoms with Gasteiger partial charge in [0.15, 0.2) is 0 Å². The summed E-state index contributed by atoms with van der Waals surface area (Å²) in [6, 6.07) is 8.23. The summed E-state index contributed by atoms with van der Waals surface area (Å²) in [4.78, 5) is 29.7. The molecule has 0 saturated heterocycles. The topological polar surface area (TPSA) is 108 Å². The molecule has 2 heterocycles. The van der Waals surface area contributed by atoms with Crippen molar-refractivity contribution >= 4 is 33.3 Å². The van der Waals surface area contributed by atoms with E-state index in [1.165, 1.54) is 13.0 Å². The summed E-state index contributed by atoms with van der Waals surface area (Å²) in [6.07, 6.45) is 2.22. The number of nitrogens with zero attached hydrogens (tertiary/aromatic N) is 2. The van der Waals surface area contributed by atoms with Crippen LogP contribution < -0.4 is 14.9 Å². The van der Waals surface area contributed by atoms with Gasteiger partial charge in [-0.2, -0.15) is 0 Å². The molecule has 0 spiro atoms. The molecule has 154 valence electrons. The zero-order chi connectivity index (χ0) is 21.2. The maximum Gasteiger partial charge on any atom is 0.240 e. The van der Waals surface area contributed by atoms with Crippen molar-refractivity contribution in [2.75, 3.05) is 16.8 Å². The Morgan fingerprint density at radius 1 is 1.24 bits per heavy atom. The lowest BCUT2D eigenvalue weighted by Crippen LogP contribution is -2.33. The Balaban J connectivity index is 1.60. The van der Waals surface area contributed by atoms with Gasteiger partial charge in [0, 0.05) is 37.8 Å². The first-order valence-corrected chi connectivity index (χ1v) is 10.8. The summed E-state index contributed by atoms with van der Waals surface area (Å²) in [7, 11) is -3.76. The molecule has 1 atom stereocenters. The molecule has 2 amide bonds. The van der Waals surface area contributed by atoms with E-state index in [-0.39, 0.29) is 35.7 Å². The maximum absolute atomic E-state index is 12.6. The largest absolute Gasteiger partial charge is 0.311 e. The summed E-state index contributed by atoms with van der Waals surface area (Å²) in [6.45, 7) is 5.28. The van der Waals surface area contributed by atoms with Crippen molar-refractivity contribution in [3.8, 4) is 0 Å². The Morgan fingerprint density at radius 2 is 2.00 bits per heavy atom. The average molecular weight is 417 g/mol. The van der Waals surface area contributed by atoms with Gasteiger partial charge in [-0.1, -0.05) is 6.07 Å². The number of aryl methyl sites for hydroxylation is 1. The number of nitrogens with one attached hydrogen (secondary N) is 2. The van der Waals surface area contributed by atoms with Crippen LogP contribution in [-0.2, 0) is 26.0 Å². The van der Waals surface area contributed by atoms with E-state index >= 15 is 0 Å². The molecule has 29 heavy (non-hydrogen) atoms. The third kappa shape index (κ3) is 4.80. The summed E-state index contributed by atoms with van der Waals surface area (Å²) in [5.74, 6) is 0.0224. The Bertz CT molecular complexity index is 1030. The third-order valence-corrected chi connectivity index (χ3v) is 6.20. The van der Waals surface area contributed by atoms with Crippen LogP contribution in [0.1, 0.15) is 31.4 Å². The number of sulfonamides is 1. The number of hydrogen-bond acceptors (Lipinski definition) is 5. The summed E-state index contributed by atoms with van der Waals surface area (Å²) < 4.78 is 27.6. The van der Waals surface area contributed by atoms with E-state index in [4.69, 9.17) is 0 Å². The van der Waals surface area contributed by atoms with Crippen molar-refractivity contribution in [1.29, 1.82) is 0 Å². The molecule has 1 aromatic heterocycles. The van der Waals surface area contributed by atoms with Gasteiger partial charge in [0.2, 0.25) is 21.8 Å². The minimum absolute atomic E-state index is 0.00695. The highest BCUT2D eigenvalue weighted by Crippen LogP contribution is 2.33. The first-order chi connectivity index (χ1) is 13.7. The number of rotatable bonds is 6. The molecule has 1 aliphatic heterocycles. The molecule has 1 aromatic carbocycles. The molecular weight excluding hydrogens is 392 g/mol. The summed E-state index contributed by atoms with van der Waals surface area (Å²) in [5, 5.41) is 2.63. The lowest BCUT2D eigenvalue weighted by atomic mass is 10.1. The van der Waals surface area contributed by atoms with E-state index in [1.807, 2.05) is 19.9 Å². The number of anilines is 2. The fourth-order valence-corrected chi connectivity index (χ4v) is 4.47. The molecule has 8 nitrogen and oxygen atoms in total. The number of carbonyl (C=O) groups is 2. The number of amides is 2. The van der Waals surface area contributed by atoms with Crippen molar-refractivity contribution in [2.24, 2.45) is 0 Å². The summed E-state index contributed by atoms with van der Waals surface area (Å²) >= 11 is 0. The molecule has 0 radical (unpaired) electrons. The number of fused-ring (bicyclic) bond motifs is 1. The Labute approximate surface area is 170 Å². The smallest absolute Gasteiger partial charge is 0.240 e. The number of pyridine rings is 1. The van der Waals surface area contributed by atoms with Crippen LogP contribution in [0.15, 0.2) is 41.4 Å². The molecule has 9 heteroatoms. The SMILES string of the molecule is CC(=O)N1c2ccc(S(=O)(=O)NCCC(=O)Nc3ccc(C)cn3)cc2C[C@@H]1C. The van der Waals surface area contributed by atoms with Gasteiger partial charge in [0.05, 0.1) is 4.90 Å². The molecule has 2 N–H and O–H groups in total. The average Bonchev–Trinajstić information content (AvgIpc) is 2.98. The Hall–Kier alpha value is -2.78. The second kappa shape index (κ2) is 8.30. The quantitative estimate of drug-likeness (QED) is 0.749. The maximum atomic E-state index is 12.6. The molecule has 0 fully saturated rings. The molecule has 0 saturated carbocycles. The fraction of sp³-hybridized carbons (Fsp3) is 0.350. The molecule has 3 rings (SSSR count). The van der Waals surface area contributed by atoms with Gasteiger partial charge in [-0.15, -0.1) is 0 Å². The van der Waals surface area contributed by atoms with Gasteiger partial charge in [-0.3, -0.25) is 9.59 Å². The van der Waals surface area contributed by atoms with Crippen LogP contribution in [0.25, 0.3) is 0 Å². The van der Waals surface area contributed by atoms with Crippen molar-refractivity contribution in [3.05, 3.63) is 47.7 Å². The molecular formula is C20H24N4O4S. The normalized spacial score (nSPS) is 15.8. The van der Waals surface area contributed by atoms with Crippen molar-refractivity contribution in [2.45, 2.75) is 44.6 Å². The van der Waals surface area contributed by atoms with Crippen LogP contribution in [0.5, 0.6) is 0 Å². The van der Waals surface area contributed by atoms with Gasteiger partial charge >= 0.3 is 0 Å². The molecule has 2 aromatic rings.